The first kappa shape index (κ1) is 20.5. The predicted octanol–water partition coefficient (Wildman–Crippen LogP) is 3.64. The summed E-state index contributed by atoms with van der Waals surface area (Å²) in [7, 11) is 1.62. The van der Waals surface area contributed by atoms with Gasteiger partial charge in [0.15, 0.2) is 0 Å². The number of rotatable bonds is 6. The standard InChI is InChI=1S/C24H27FN2O3/c1-30-15-14-27-23(29)20-7-3-2-6-19(20)21(24(27)12-4-5-13-24)22(28)26-16-17-8-10-18(25)11-9-17/h2-3,6-11,21H,4-5,12-16H2,1H3,(H,26,28). The highest BCUT2D eigenvalue weighted by Gasteiger charge is 2.55. The molecule has 1 heterocycles. The fourth-order valence-corrected chi connectivity index (χ4v) is 5.07. The third kappa shape index (κ3) is 3.60. The minimum absolute atomic E-state index is 0.0212. The van der Waals surface area contributed by atoms with Crippen molar-refractivity contribution < 1.29 is 18.7 Å². The van der Waals surface area contributed by atoms with Crippen molar-refractivity contribution in [3.05, 3.63) is 71.0 Å². The molecule has 0 saturated heterocycles. The average Bonchev–Trinajstić information content (AvgIpc) is 3.23. The Morgan fingerprint density at radius 1 is 1.17 bits per heavy atom. The van der Waals surface area contributed by atoms with E-state index in [4.69, 9.17) is 4.74 Å². The minimum atomic E-state index is -0.531. The van der Waals surface area contributed by atoms with Crippen LogP contribution in [0, 0.1) is 5.82 Å². The minimum Gasteiger partial charge on any atom is -0.383 e. The molecule has 0 aromatic heterocycles. The van der Waals surface area contributed by atoms with Gasteiger partial charge in [-0.05, 0) is 42.2 Å². The molecular weight excluding hydrogens is 383 g/mol. The van der Waals surface area contributed by atoms with Gasteiger partial charge in [0, 0.05) is 25.8 Å². The zero-order chi connectivity index (χ0) is 21.1. The molecule has 158 valence electrons. The molecule has 4 rings (SSSR count). The molecule has 1 aliphatic heterocycles. The number of ether oxygens (including phenoxy) is 1. The number of halogens is 1. The van der Waals surface area contributed by atoms with Crippen LogP contribution in [-0.2, 0) is 16.1 Å². The topological polar surface area (TPSA) is 58.6 Å². The summed E-state index contributed by atoms with van der Waals surface area (Å²) in [6.07, 6.45) is 3.57. The van der Waals surface area contributed by atoms with E-state index in [0.717, 1.165) is 36.8 Å². The van der Waals surface area contributed by atoms with Gasteiger partial charge in [-0.25, -0.2) is 4.39 Å². The molecule has 1 fully saturated rings. The van der Waals surface area contributed by atoms with Crippen LogP contribution in [0.1, 0.15) is 53.1 Å². The van der Waals surface area contributed by atoms with Crippen molar-refractivity contribution in [1.82, 2.24) is 10.2 Å². The molecule has 1 atom stereocenters. The van der Waals surface area contributed by atoms with Gasteiger partial charge in [-0.1, -0.05) is 43.2 Å². The molecule has 5 nitrogen and oxygen atoms in total. The van der Waals surface area contributed by atoms with Crippen LogP contribution in [0.2, 0.25) is 0 Å². The van der Waals surface area contributed by atoms with E-state index in [0.29, 0.717) is 25.3 Å². The normalized spacial score (nSPS) is 19.7. The number of hydrogen-bond acceptors (Lipinski definition) is 3. The zero-order valence-electron chi connectivity index (χ0n) is 17.2. The van der Waals surface area contributed by atoms with Crippen LogP contribution in [0.3, 0.4) is 0 Å². The smallest absolute Gasteiger partial charge is 0.254 e. The molecule has 2 aliphatic rings. The Balaban J connectivity index is 1.68. The maximum atomic E-state index is 13.5. The fourth-order valence-electron chi connectivity index (χ4n) is 5.07. The number of amides is 2. The van der Waals surface area contributed by atoms with E-state index in [9.17, 15) is 14.0 Å². The Bertz CT molecular complexity index is 922. The van der Waals surface area contributed by atoms with Crippen LogP contribution >= 0.6 is 0 Å². The van der Waals surface area contributed by atoms with Crippen LogP contribution in [0.5, 0.6) is 0 Å². The van der Waals surface area contributed by atoms with Gasteiger partial charge in [-0.2, -0.15) is 0 Å². The van der Waals surface area contributed by atoms with Crippen molar-refractivity contribution in [2.75, 3.05) is 20.3 Å². The summed E-state index contributed by atoms with van der Waals surface area (Å²) in [6.45, 7) is 1.21. The molecule has 0 bridgehead atoms. The summed E-state index contributed by atoms with van der Waals surface area (Å²) in [5, 5.41) is 3.04. The number of nitrogens with zero attached hydrogens (tertiary/aromatic N) is 1. The summed E-state index contributed by atoms with van der Waals surface area (Å²) >= 11 is 0. The SMILES string of the molecule is COCCN1C(=O)c2ccccc2C(C(=O)NCc2ccc(F)cc2)C12CCCC2. The van der Waals surface area contributed by atoms with Crippen LogP contribution in [0.15, 0.2) is 48.5 Å². The molecule has 6 heteroatoms. The van der Waals surface area contributed by atoms with Gasteiger partial charge in [0.1, 0.15) is 5.82 Å². The van der Waals surface area contributed by atoms with Crippen molar-refractivity contribution in [2.24, 2.45) is 0 Å². The number of carbonyl (C=O) groups excluding carboxylic acids is 2. The van der Waals surface area contributed by atoms with E-state index >= 15 is 0 Å². The van der Waals surface area contributed by atoms with Gasteiger partial charge in [0.2, 0.25) is 5.91 Å². The van der Waals surface area contributed by atoms with Crippen LogP contribution in [0.25, 0.3) is 0 Å². The van der Waals surface area contributed by atoms with E-state index in [1.165, 1.54) is 12.1 Å². The second-order valence-electron chi connectivity index (χ2n) is 8.12. The van der Waals surface area contributed by atoms with E-state index in [1.54, 1.807) is 25.3 Å². The van der Waals surface area contributed by atoms with E-state index < -0.39 is 11.5 Å². The van der Waals surface area contributed by atoms with E-state index in [-0.39, 0.29) is 17.6 Å². The quantitative estimate of drug-likeness (QED) is 0.791. The molecule has 2 aromatic rings. The molecule has 1 N–H and O–H groups in total. The van der Waals surface area contributed by atoms with E-state index in [1.807, 2.05) is 23.1 Å². The van der Waals surface area contributed by atoms with Crippen molar-refractivity contribution >= 4 is 11.8 Å². The summed E-state index contributed by atoms with van der Waals surface area (Å²) in [5.74, 6) is -0.856. The zero-order valence-corrected chi connectivity index (χ0v) is 17.2. The number of nitrogens with one attached hydrogen (secondary N) is 1. The maximum Gasteiger partial charge on any atom is 0.254 e. The summed E-state index contributed by atoms with van der Waals surface area (Å²) in [5.41, 5.74) is 1.70. The van der Waals surface area contributed by atoms with Gasteiger partial charge in [-0.3, -0.25) is 9.59 Å². The Kier molecular flexibility index (Phi) is 5.86. The Morgan fingerprint density at radius 2 is 1.87 bits per heavy atom. The molecule has 1 unspecified atom stereocenters. The van der Waals surface area contributed by atoms with Gasteiger partial charge in [0.25, 0.3) is 5.91 Å². The van der Waals surface area contributed by atoms with Crippen LogP contribution in [0.4, 0.5) is 4.39 Å². The molecular formula is C24H27FN2O3. The molecule has 0 radical (unpaired) electrons. The highest BCUT2D eigenvalue weighted by Crippen LogP contribution is 2.50. The third-order valence-electron chi connectivity index (χ3n) is 6.45. The second kappa shape index (κ2) is 8.56. The predicted molar refractivity (Wildman–Crippen MR) is 112 cm³/mol. The Hall–Kier alpha value is -2.73. The molecule has 1 saturated carbocycles. The van der Waals surface area contributed by atoms with Crippen molar-refractivity contribution in [3.8, 4) is 0 Å². The van der Waals surface area contributed by atoms with Gasteiger partial charge in [-0.15, -0.1) is 0 Å². The lowest BCUT2D eigenvalue weighted by atomic mass is 9.71. The highest BCUT2D eigenvalue weighted by molar-refractivity contribution is 6.02. The number of hydrogen-bond donors (Lipinski definition) is 1. The largest absolute Gasteiger partial charge is 0.383 e. The van der Waals surface area contributed by atoms with Crippen LogP contribution < -0.4 is 5.32 Å². The van der Waals surface area contributed by atoms with Crippen molar-refractivity contribution in [3.63, 3.8) is 0 Å². The molecule has 2 amide bonds. The van der Waals surface area contributed by atoms with Crippen molar-refractivity contribution in [2.45, 2.75) is 43.7 Å². The summed E-state index contributed by atoms with van der Waals surface area (Å²) in [4.78, 5) is 28.8. The Morgan fingerprint density at radius 3 is 2.57 bits per heavy atom. The van der Waals surface area contributed by atoms with Gasteiger partial charge in [0.05, 0.1) is 18.1 Å². The lowest BCUT2D eigenvalue weighted by molar-refractivity contribution is -0.126. The maximum absolute atomic E-state index is 13.5. The summed E-state index contributed by atoms with van der Waals surface area (Å²) in [6, 6.07) is 13.6. The number of benzene rings is 2. The lowest BCUT2D eigenvalue weighted by Crippen LogP contribution is -2.61. The second-order valence-corrected chi connectivity index (χ2v) is 8.12. The Labute approximate surface area is 176 Å². The molecule has 1 spiro atoms. The monoisotopic (exact) mass is 410 g/mol. The molecule has 30 heavy (non-hydrogen) atoms. The lowest BCUT2D eigenvalue weighted by Gasteiger charge is -2.50. The first-order chi connectivity index (χ1) is 14.6. The first-order valence-corrected chi connectivity index (χ1v) is 10.5. The molecule has 2 aromatic carbocycles. The molecule has 1 aliphatic carbocycles. The number of methoxy groups -OCH3 is 1. The average molecular weight is 410 g/mol. The van der Waals surface area contributed by atoms with E-state index in [2.05, 4.69) is 5.32 Å². The fraction of sp³-hybridized carbons (Fsp3) is 0.417. The summed E-state index contributed by atoms with van der Waals surface area (Å²) < 4.78 is 18.5. The first-order valence-electron chi connectivity index (χ1n) is 10.5. The van der Waals surface area contributed by atoms with Crippen molar-refractivity contribution in [1.29, 1.82) is 0 Å². The number of carbonyl (C=O) groups is 2. The van der Waals surface area contributed by atoms with Gasteiger partial charge >= 0.3 is 0 Å². The van der Waals surface area contributed by atoms with Crippen LogP contribution in [-0.4, -0.2) is 42.5 Å². The number of fused-ring (bicyclic) bond motifs is 1. The highest BCUT2D eigenvalue weighted by atomic mass is 19.1. The third-order valence-corrected chi connectivity index (χ3v) is 6.45. The van der Waals surface area contributed by atoms with Gasteiger partial charge < -0.3 is 15.0 Å².